The van der Waals surface area contributed by atoms with Crippen LogP contribution in [0.25, 0.3) is 5.69 Å². The Labute approximate surface area is 162 Å². The van der Waals surface area contributed by atoms with E-state index in [1.54, 1.807) is 13.0 Å². The molecule has 0 radical (unpaired) electrons. The lowest BCUT2D eigenvalue weighted by molar-refractivity contribution is 0.0767. The zero-order chi connectivity index (χ0) is 19.0. The number of nitrogens with zero attached hydrogens (tertiary/aromatic N) is 5. The molecular weight excluding hydrogens is 371 g/mol. The molecular formula is C18H22ClFN6O. The molecule has 9 heteroatoms. The summed E-state index contributed by atoms with van der Waals surface area (Å²) in [6.45, 7) is 7.26. The number of carbonyl (C=O) groups excluding carboxylic acids is 1. The monoisotopic (exact) mass is 392 g/mol. The number of nitrogens with one attached hydrogen (secondary N) is 1. The molecule has 7 nitrogen and oxygen atoms in total. The van der Waals surface area contributed by atoms with Crippen LogP contribution in [0.2, 0.25) is 5.02 Å². The molecule has 4 rings (SSSR count). The highest BCUT2D eigenvalue weighted by Crippen LogP contribution is 2.22. The first-order chi connectivity index (χ1) is 13.0. The second-order valence-electron chi connectivity index (χ2n) is 7.01. The van der Waals surface area contributed by atoms with Gasteiger partial charge in [-0.25, -0.2) is 9.07 Å². The van der Waals surface area contributed by atoms with Gasteiger partial charge in [0.2, 0.25) is 0 Å². The third-order valence-corrected chi connectivity index (χ3v) is 5.65. The standard InChI is InChI=1S/C18H22ClFN6O/c1-12-17(22-23-26(12)13-2-3-16(20)15(19)10-13)18(27)25-7-4-14(11-25)24-8-5-21-6-9-24/h2-3,10,14,21H,4-9,11H2,1H3. The van der Waals surface area contributed by atoms with E-state index in [0.717, 1.165) is 39.1 Å². The van der Waals surface area contributed by atoms with Gasteiger partial charge in [-0.3, -0.25) is 9.69 Å². The second kappa shape index (κ2) is 7.53. The van der Waals surface area contributed by atoms with Crippen LogP contribution in [0.15, 0.2) is 18.2 Å². The summed E-state index contributed by atoms with van der Waals surface area (Å²) in [4.78, 5) is 17.3. The van der Waals surface area contributed by atoms with Gasteiger partial charge in [0.25, 0.3) is 5.91 Å². The molecule has 2 aliphatic heterocycles. The minimum atomic E-state index is -0.495. The maximum atomic E-state index is 13.4. The van der Waals surface area contributed by atoms with Gasteiger partial charge < -0.3 is 10.2 Å². The van der Waals surface area contributed by atoms with E-state index in [9.17, 15) is 9.18 Å². The first kappa shape index (κ1) is 18.3. The molecule has 2 saturated heterocycles. The number of piperazine rings is 1. The summed E-state index contributed by atoms with van der Waals surface area (Å²) in [5.41, 5.74) is 1.52. The van der Waals surface area contributed by atoms with Crippen LogP contribution in [0.3, 0.4) is 0 Å². The third kappa shape index (κ3) is 3.56. The van der Waals surface area contributed by atoms with Crippen molar-refractivity contribution < 1.29 is 9.18 Å². The first-order valence-electron chi connectivity index (χ1n) is 9.16. The molecule has 2 fully saturated rings. The first-order valence-corrected chi connectivity index (χ1v) is 9.54. The van der Waals surface area contributed by atoms with Gasteiger partial charge in [-0.15, -0.1) is 5.10 Å². The topological polar surface area (TPSA) is 66.3 Å². The van der Waals surface area contributed by atoms with Gasteiger partial charge in [-0.1, -0.05) is 16.8 Å². The van der Waals surface area contributed by atoms with E-state index in [1.165, 1.54) is 16.8 Å². The number of amides is 1. The van der Waals surface area contributed by atoms with Crippen molar-refractivity contribution in [2.75, 3.05) is 39.3 Å². The number of carbonyl (C=O) groups is 1. The van der Waals surface area contributed by atoms with Crippen molar-refractivity contribution in [1.82, 2.24) is 30.1 Å². The zero-order valence-corrected chi connectivity index (χ0v) is 15.9. The number of rotatable bonds is 3. The van der Waals surface area contributed by atoms with Gasteiger partial charge in [0.05, 0.1) is 16.4 Å². The van der Waals surface area contributed by atoms with Crippen LogP contribution in [0.5, 0.6) is 0 Å². The van der Waals surface area contributed by atoms with Crippen molar-refractivity contribution in [3.8, 4) is 5.69 Å². The summed E-state index contributed by atoms with van der Waals surface area (Å²) < 4.78 is 14.9. The van der Waals surface area contributed by atoms with E-state index < -0.39 is 5.82 Å². The van der Waals surface area contributed by atoms with E-state index in [-0.39, 0.29) is 10.9 Å². The van der Waals surface area contributed by atoms with Gasteiger partial charge in [0.15, 0.2) is 5.69 Å². The minimum absolute atomic E-state index is 0.00804. The van der Waals surface area contributed by atoms with Crippen molar-refractivity contribution in [3.05, 3.63) is 40.4 Å². The highest BCUT2D eigenvalue weighted by atomic mass is 35.5. The molecule has 1 N–H and O–H groups in total. The summed E-state index contributed by atoms with van der Waals surface area (Å²) in [7, 11) is 0. The number of likely N-dealkylation sites (tertiary alicyclic amines) is 1. The second-order valence-corrected chi connectivity index (χ2v) is 7.42. The van der Waals surface area contributed by atoms with Crippen LogP contribution in [-0.4, -0.2) is 76.0 Å². The Balaban J connectivity index is 1.50. The molecule has 0 aliphatic carbocycles. The average molecular weight is 393 g/mol. The Kier molecular flexibility index (Phi) is 5.12. The Morgan fingerprint density at radius 2 is 2.07 bits per heavy atom. The van der Waals surface area contributed by atoms with Gasteiger partial charge in [0, 0.05) is 45.3 Å². The normalized spacial score (nSPS) is 21.0. The van der Waals surface area contributed by atoms with Crippen molar-refractivity contribution in [1.29, 1.82) is 0 Å². The minimum Gasteiger partial charge on any atom is -0.336 e. The smallest absolute Gasteiger partial charge is 0.276 e. The van der Waals surface area contributed by atoms with E-state index >= 15 is 0 Å². The Morgan fingerprint density at radius 3 is 2.81 bits per heavy atom. The third-order valence-electron chi connectivity index (χ3n) is 5.36. The highest BCUT2D eigenvalue weighted by Gasteiger charge is 2.33. The number of hydrogen-bond acceptors (Lipinski definition) is 5. The van der Waals surface area contributed by atoms with Gasteiger partial charge >= 0.3 is 0 Å². The molecule has 144 valence electrons. The highest BCUT2D eigenvalue weighted by molar-refractivity contribution is 6.30. The Bertz CT molecular complexity index is 850. The van der Waals surface area contributed by atoms with E-state index in [4.69, 9.17) is 11.6 Å². The van der Waals surface area contributed by atoms with Gasteiger partial charge in [-0.2, -0.15) is 0 Å². The number of halogens is 2. The number of aromatic nitrogens is 3. The fraction of sp³-hybridized carbons (Fsp3) is 0.500. The summed E-state index contributed by atoms with van der Waals surface area (Å²) >= 11 is 5.86. The fourth-order valence-corrected chi connectivity index (χ4v) is 3.98. The van der Waals surface area contributed by atoms with Gasteiger partial charge in [0.1, 0.15) is 5.82 Å². The molecule has 2 aliphatic rings. The lowest BCUT2D eigenvalue weighted by atomic mass is 10.2. The molecule has 0 saturated carbocycles. The van der Waals surface area contributed by atoms with Gasteiger partial charge in [-0.05, 0) is 31.5 Å². The maximum Gasteiger partial charge on any atom is 0.276 e. The molecule has 1 atom stereocenters. The number of hydrogen-bond donors (Lipinski definition) is 1. The molecule has 1 amide bonds. The largest absolute Gasteiger partial charge is 0.336 e. The molecule has 3 heterocycles. The number of benzene rings is 1. The summed E-state index contributed by atoms with van der Waals surface area (Å²) in [6.07, 6.45) is 0.979. The fourth-order valence-electron chi connectivity index (χ4n) is 3.81. The van der Waals surface area contributed by atoms with E-state index in [1.807, 2.05) is 4.90 Å². The molecule has 1 aromatic carbocycles. The molecule has 0 bridgehead atoms. The van der Waals surface area contributed by atoms with Crippen LogP contribution in [0, 0.1) is 12.7 Å². The summed E-state index contributed by atoms with van der Waals surface area (Å²) in [5, 5.41) is 11.5. The summed E-state index contributed by atoms with van der Waals surface area (Å²) in [5.74, 6) is -0.602. The van der Waals surface area contributed by atoms with Crippen LogP contribution in [-0.2, 0) is 0 Å². The average Bonchev–Trinajstić information content (AvgIpc) is 3.32. The SMILES string of the molecule is Cc1c(C(=O)N2CCC(N3CCNCC3)C2)nnn1-c1ccc(F)c(Cl)c1. The van der Waals surface area contributed by atoms with Crippen LogP contribution >= 0.6 is 11.6 Å². The lowest BCUT2D eigenvalue weighted by Crippen LogP contribution is -2.49. The maximum absolute atomic E-state index is 13.4. The summed E-state index contributed by atoms with van der Waals surface area (Å²) in [6, 6.07) is 4.72. The molecule has 0 spiro atoms. The van der Waals surface area contributed by atoms with E-state index in [0.29, 0.717) is 29.7 Å². The molecule has 27 heavy (non-hydrogen) atoms. The Morgan fingerprint density at radius 1 is 1.30 bits per heavy atom. The van der Waals surface area contributed by atoms with Crippen molar-refractivity contribution >= 4 is 17.5 Å². The predicted molar refractivity (Wildman–Crippen MR) is 99.8 cm³/mol. The van der Waals surface area contributed by atoms with Crippen LogP contribution < -0.4 is 5.32 Å². The molecule has 1 unspecified atom stereocenters. The van der Waals surface area contributed by atoms with Crippen LogP contribution in [0.1, 0.15) is 22.6 Å². The lowest BCUT2D eigenvalue weighted by Gasteiger charge is -2.32. The Hall–Kier alpha value is -2.03. The van der Waals surface area contributed by atoms with Crippen molar-refractivity contribution in [2.24, 2.45) is 0 Å². The van der Waals surface area contributed by atoms with E-state index in [2.05, 4.69) is 20.5 Å². The van der Waals surface area contributed by atoms with Crippen molar-refractivity contribution in [3.63, 3.8) is 0 Å². The zero-order valence-electron chi connectivity index (χ0n) is 15.2. The molecule has 1 aromatic heterocycles. The molecule has 2 aromatic rings. The predicted octanol–water partition coefficient (Wildman–Crippen LogP) is 1.49. The van der Waals surface area contributed by atoms with Crippen LogP contribution in [0.4, 0.5) is 4.39 Å². The van der Waals surface area contributed by atoms with Crippen molar-refractivity contribution in [2.45, 2.75) is 19.4 Å². The quantitative estimate of drug-likeness (QED) is 0.857.